The molecule has 0 aliphatic heterocycles. The van der Waals surface area contributed by atoms with Crippen molar-refractivity contribution in [2.75, 3.05) is 4.72 Å². The van der Waals surface area contributed by atoms with Gasteiger partial charge >= 0.3 is 6.61 Å². The molecule has 21 heavy (non-hydrogen) atoms. The average molecular weight is 335 g/mol. The molecular weight excluding hydrogens is 324 g/mol. The van der Waals surface area contributed by atoms with Crippen LogP contribution < -0.4 is 9.46 Å². The van der Waals surface area contributed by atoms with Gasteiger partial charge in [0, 0.05) is 5.69 Å². The summed E-state index contributed by atoms with van der Waals surface area (Å²) < 4.78 is 54.8. The van der Waals surface area contributed by atoms with E-state index in [2.05, 4.69) is 9.46 Å². The number of sulfonamides is 1. The van der Waals surface area contributed by atoms with E-state index in [1.807, 2.05) is 0 Å². The highest BCUT2D eigenvalue weighted by molar-refractivity contribution is 7.93. The van der Waals surface area contributed by atoms with E-state index >= 15 is 0 Å². The van der Waals surface area contributed by atoms with Crippen molar-refractivity contribution in [3.05, 3.63) is 40.6 Å². The molecule has 2 N–H and O–H groups in total. The summed E-state index contributed by atoms with van der Waals surface area (Å²) in [5, 5.41) is 10.6. The fourth-order valence-corrected chi connectivity index (χ4v) is 3.95. The highest BCUT2D eigenvalue weighted by atomic mass is 32.2. The predicted molar refractivity (Wildman–Crippen MR) is 74.1 cm³/mol. The Morgan fingerprint density at radius 3 is 2.48 bits per heavy atom. The molecular formula is C12H11F2NO4S2. The van der Waals surface area contributed by atoms with E-state index in [1.165, 1.54) is 30.3 Å². The van der Waals surface area contributed by atoms with Gasteiger partial charge in [0.1, 0.15) is 10.6 Å². The Kier molecular flexibility index (Phi) is 4.76. The van der Waals surface area contributed by atoms with E-state index in [9.17, 15) is 17.2 Å². The molecule has 2 rings (SSSR count). The summed E-state index contributed by atoms with van der Waals surface area (Å²) in [6, 6.07) is 6.45. The molecule has 0 saturated heterocycles. The van der Waals surface area contributed by atoms with Crippen molar-refractivity contribution in [3.8, 4) is 5.75 Å². The van der Waals surface area contributed by atoms with Gasteiger partial charge in [-0.15, -0.1) is 11.3 Å². The van der Waals surface area contributed by atoms with Gasteiger partial charge in [-0.25, -0.2) is 8.42 Å². The highest BCUT2D eigenvalue weighted by Gasteiger charge is 2.19. The molecule has 0 amide bonds. The molecule has 0 aliphatic rings. The van der Waals surface area contributed by atoms with Crippen LogP contribution in [0.25, 0.3) is 0 Å². The number of hydrogen-bond acceptors (Lipinski definition) is 5. The first-order valence-corrected chi connectivity index (χ1v) is 8.03. The Labute approximate surface area is 123 Å². The Bertz CT molecular complexity index is 698. The first kappa shape index (κ1) is 15.7. The van der Waals surface area contributed by atoms with Crippen LogP contribution in [0.4, 0.5) is 14.5 Å². The third-order valence-corrected chi connectivity index (χ3v) is 4.97. The van der Waals surface area contributed by atoms with Crippen molar-refractivity contribution in [1.82, 2.24) is 0 Å². The maximum absolute atomic E-state index is 12.1. The molecule has 0 spiro atoms. The number of halogens is 2. The van der Waals surface area contributed by atoms with Gasteiger partial charge in [-0.1, -0.05) is 0 Å². The average Bonchev–Trinajstić information content (AvgIpc) is 2.89. The third kappa shape index (κ3) is 3.90. The van der Waals surface area contributed by atoms with E-state index in [0.717, 1.165) is 11.3 Å². The maximum Gasteiger partial charge on any atom is 0.387 e. The summed E-state index contributed by atoms with van der Waals surface area (Å²) in [5.41, 5.74) is 0.201. The van der Waals surface area contributed by atoms with E-state index in [0.29, 0.717) is 4.88 Å². The molecule has 2 aromatic rings. The molecule has 0 fully saturated rings. The fraction of sp³-hybridized carbons (Fsp3) is 0.167. The number of hydrogen-bond donors (Lipinski definition) is 2. The number of anilines is 1. The zero-order valence-corrected chi connectivity index (χ0v) is 12.1. The molecule has 5 nitrogen and oxygen atoms in total. The monoisotopic (exact) mass is 335 g/mol. The molecule has 9 heteroatoms. The van der Waals surface area contributed by atoms with Gasteiger partial charge < -0.3 is 9.84 Å². The van der Waals surface area contributed by atoms with Gasteiger partial charge in [0.25, 0.3) is 10.0 Å². The van der Waals surface area contributed by atoms with Crippen LogP contribution in [0.15, 0.2) is 40.6 Å². The van der Waals surface area contributed by atoms with Crippen molar-refractivity contribution < 1.29 is 27.0 Å². The lowest BCUT2D eigenvalue weighted by atomic mass is 10.3. The minimum Gasteiger partial charge on any atom is -0.435 e. The quantitative estimate of drug-likeness (QED) is 0.851. The molecule has 0 unspecified atom stereocenters. The van der Waals surface area contributed by atoms with Crippen molar-refractivity contribution >= 4 is 27.0 Å². The maximum atomic E-state index is 12.1. The second-order valence-electron chi connectivity index (χ2n) is 3.87. The SMILES string of the molecule is O=S(=O)(Nc1ccc(OC(F)F)cc1)c1ccsc1CO. The van der Waals surface area contributed by atoms with Crippen LogP contribution in [-0.4, -0.2) is 20.1 Å². The molecule has 0 radical (unpaired) electrons. The summed E-state index contributed by atoms with van der Waals surface area (Å²) in [6.07, 6.45) is 0. The second kappa shape index (κ2) is 6.37. The molecule has 0 bridgehead atoms. The Morgan fingerprint density at radius 2 is 1.90 bits per heavy atom. The largest absolute Gasteiger partial charge is 0.435 e. The fourth-order valence-electron chi connectivity index (χ4n) is 1.60. The number of ether oxygens (including phenoxy) is 1. The minimum absolute atomic E-state index is 0.0112. The van der Waals surface area contributed by atoms with Gasteiger partial charge in [-0.05, 0) is 35.7 Å². The summed E-state index contributed by atoms with van der Waals surface area (Å²) in [5.74, 6) is -0.0699. The number of alkyl halides is 2. The Balaban J connectivity index is 2.17. The van der Waals surface area contributed by atoms with E-state index < -0.39 is 16.6 Å². The van der Waals surface area contributed by atoms with Gasteiger partial charge in [0.05, 0.1) is 11.5 Å². The van der Waals surface area contributed by atoms with Crippen molar-refractivity contribution in [2.24, 2.45) is 0 Å². The molecule has 1 heterocycles. The van der Waals surface area contributed by atoms with Gasteiger partial charge in [0.15, 0.2) is 0 Å². The van der Waals surface area contributed by atoms with Crippen molar-refractivity contribution in [3.63, 3.8) is 0 Å². The number of benzene rings is 1. The smallest absolute Gasteiger partial charge is 0.387 e. The van der Waals surface area contributed by atoms with Crippen LogP contribution in [-0.2, 0) is 16.6 Å². The van der Waals surface area contributed by atoms with Crippen molar-refractivity contribution in [1.29, 1.82) is 0 Å². The number of rotatable bonds is 6. The summed E-state index contributed by atoms with van der Waals surface area (Å²) in [6.45, 7) is -3.32. The Hall–Kier alpha value is -1.71. The molecule has 1 aromatic carbocycles. The number of aliphatic hydroxyl groups excluding tert-OH is 1. The topological polar surface area (TPSA) is 75.6 Å². The normalized spacial score (nSPS) is 11.6. The van der Waals surface area contributed by atoms with E-state index in [-0.39, 0.29) is 22.9 Å². The zero-order chi connectivity index (χ0) is 15.5. The van der Waals surface area contributed by atoms with E-state index in [1.54, 1.807) is 5.38 Å². The lowest BCUT2D eigenvalue weighted by Crippen LogP contribution is -2.13. The first-order valence-electron chi connectivity index (χ1n) is 5.67. The summed E-state index contributed by atoms with van der Waals surface area (Å²) >= 11 is 1.12. The summed E-state index contributed by atoms with van der Waals surface area (Å²) in [7, 11) is -3.84. The van der Waals surface area contributed by atoms with Crippen molar-refractivity contribution in [2.45, 2.75) is 18.1 Å². The summed E-state index contributed by atoms with van der Waals surface area (Å²) in [4.78, 5) is 0.308. The second-order valence-corrected chi connectivity index (χ2v) is 6.53. The highest BCUT2D eigenvalue weighted by Crippen LogP contribution is 2.25. The van der Waals surface area contributed by atoms with Crippen LogP contribution in [0.3, 0.4) is 0 Å². The zero-order valence-electron chi connectivity index (χ0n) is 10.5. The number of thiophene rings is 1. The van der Waals surface area contributed by atoms with Gasteiger partial charge in [-0.2, -0.15) is 8.78 Å². The number of nitrogens with one attached hydrogen (secondary N) is 1. The van der Waals surface area contributed by atoms with Crippen LogP contribution in [0.2, 0.25) is 0 Å². The molecule has 0 saturated carbocycles. The molecule has 1 aromatic heterocycles. The van der Waals surface area contributed by atoms with E-state index in [4.69, 9.17) is 5.11 Å². The molecule has 0 atom stereocenters. The van der Waals surface area contributed by atoms with Crippen LogP contribution in [0, 0.1) is 0 Å². The predicted octanol–water partition coefficient (Wildman–Crippen LogP) is 2.64. The lowest BCUT2D eigenvalue weighted by Gasteiger charge is -2.09. The van der Waals surface area contributed by atoms with Crippen LogP contribution in [0.5, 0.6) is 5.75 Å². The third-order valence-electron chi connectivity index (χ3n) is 2.47. The standard InChI is InChI=1S/C12H11F2NO4S2/c13-12(14)19-9-3-1-8(2-4-9)15-21(17,18)11-5-6-20-10(11)7-16/h1-6,12,15-16H,7H2. The molecule has 0 aliphatic carbocycles. The molecule has 114 valence electrons. The first-order chi connectivity index (χ1) is 9.92. The van der Waals surface area contributed by atoms with Gasteiger partial charge in [-0.3, -0.25) is 4.72 Å². The van der Waals surface area contributed by atoms with Gasteiger partial charge in [0.2, 0.25) is 0 Å². The van der Waals surface area contributed by atoms with Crippen LogP contribution >= 0.6 is 11.3 Å². The Morgan fingerprint density at radius 1 is 1.24 bits per heavy atom. The number of aliphatic hydroxyl groups is 1. The minimum atomic E-state index is -3.84. The van der Waals surface area contributed by atoms with Crippen LogP contribution in [0.1, 0.15) is 4.88 Å². The lowest BCUT2D eigenvalue weighted by molar-refractivity contribution is -0.0498.